The third-order valence-corrected chi connectivity index (χ3v) is 6.47. The number of hydrogen-bond acceptors (Lipinski definition) is 6. The van der Waals surface area contributed by atoms with Crippen LogP contribution in [0.15, 0.2) is 16.9 Å². The van der Waals surface area contributed by atoms with Gasteiger partial charge in [0.2, 0.25) is 15.9 Å². The highest BCUT2D eigenvalue weighted by molar-refractivity contribution is 7.88. The van der Waals surface area contributed by atoms with Crippen LogP contribution in [0.1, 0.15) is 31.4 Å². The summed E-state index contributed by atoms with van der Waals surface area (Å²) in [7, 11) is -3.45. The van der Waals surface area contributed by atoms with E-state index in [0.29, 0.717) is 31.9 Å². The van der Waals surface area contributed by atoms with Crippen LogP contribution in [0, 0.1) is 0 Å². The maximum Gasteiger partial charge on any atom is 0.242 e. The van der Waals surface area contributed by atoms with Crippen LogP contribution in [-0.4, -0.2) is 60.4 Å². The van der Waals surface area contributed by atoms with Crippen molar-refractivity contribution in [1.82, 2.24) is 14.4 Å². The number of carbonyl (C=O) groups excluding carboxylic acids is 1. The number of rotatable bonds is 4. The number of sulfonamides is 1. The second-order valence-electron chi connectivity index (χ2n) is 6.30. The molecule has 2 aliphatic rings. The summed E-state index contributed by atoms with van der Waals surface area (Å²) in [5.74, 6) is -0.221. The average Bonchev–Trinajstić information content (AvgIpc) is 3.19. The van der Waals surface area contributed by atoms with Gasteiger partial charge in [-0.1, -0.05) is 18.0 Å². The van der Waals surface area contributed by atoms with E-state index in [4.69, 9.17) is 5.73 Å². The lowest BCUT2D eigenvalue weighted by molar-refractivity contribution is -0.138. The molecule has 2 heterocycles. The van der Waals surface area contributed by atoms with Crippen LogP contribution in [-0.2, 0) is 20.6 Å². The van der Waals surface area contributed by atoms with Crippen molar-refractivity contribution < 1.29 is 17.7 Å². The Kier molecular flexibility index (Phi) is 4.43. The minimum Gasteiger partial charge on any atom is -0.364 e. The molecular formula is C14H22N4O4S. The molecule has 8 nitrogen and oxygen atoms in total. The van der Waals surface area contributed by atoms with Crippen molar-refractivity contribution in [2.24, 2.45) is 5.73 Å². The maximum absolute atomic E-state index is 12.5. The molecule has 0 spiro atoms. The van der Waals surface area contributed by atoms with E-state index in [1.54, 1.807) is 4.90 Å². The molecule has 0 bridgehead atoms. The van der Waals surface area contributed by atoms with Gasteiger partial charge in [-0.3, -0.25) is 4.79 Å². The summed E-state index contributed by atoms with van der Waals surface area (Å²) in [5.41, 5.74) is 5.84. The van der Waals surface area contributed by atoms with E-state index in [9.17, 15) is 13.2 Å². The van der Waals surface area contributed by atoms with Gasteiger partial charge in [0.1, 0.15) is 12.0 Å². The molecule has 1 aromatic rings. The lowest BCUT2D eigenvalue weighted by Crippen LogP contribution is -2.59. The molecule has 2 fully saturated rings. The smallest absolute Gasteiger partial charge is 0.242 e. The van der Waals surface area contributed by atoms with Gasteiger partial charge >= 0.3 is 0 Å². The molecule has 0 aromatic carbocycles. The molecule has 2 N–H and O–H groups in total. The van der Waals surface area contributed by atoms with E-state index in [-0.39, 0.29) is 11.7 Å². The second kappa shape index (κ2) is 6.21. The first kappa shape index (κ1) is 16.4. The Morgan fingerprint density at radius 3 is 2.48 bits per heavy atom. The Bertz CT molecular complexity index is 644. The van der Waals surface area contributed by atoms with Gasteiger partial charge in [0, 0.05) is 32.2 Å². The number of hydrogen-bond donors (Lipinski definition) is 1. The average molecular weight is 342 g/mol. The molecule has 0 unspecified atom stereocenters. The van der Waals surface area contributed by atoms with Gasteiger partial charge in [0.15, 0.2) is 0 Å². The van der Waals surface area contributed by atoms with Crippen molar-refractivity contribution in [1.29, 1.82) is 0 Å². The normalized spacial score (nSPS) is 22.4. The van der Waals surface area contributed by atoms with Gasteiger partial charge < -0.3 is 15.2 Å². The lowest BCUT2D eigenvalue weighted by atomic mass is 9.97. The third-order valence-electron chi connectivity index (χ3n) is 4.66. The summed E-state index contributed by atoms with van der Waals surface area (Å²) in [4.78, 5) is 14.2. The van der Waals surface area contributed by atoms with Crippen LogP contribution in [0.4, 0.5) is 0 Å². The fraction of sp³-hybridized carbons (Fsp3) is 0.714. The molecule has 1 saturated carbocycles. The number of carbonyl (C=O) groups is 1. The number of nitrogens with two attached hydrogens (primary N) is 1. The first-order chi connectivity index (χ1) is 10.9. The van der Waals surface area contributed by atoms with E-state index in [1.807, 2.05) is 0 Å². The van der Waals surface area contributed by atoms with Crippen LogP contribution in [0.25, 0.3) is 0 Å². The Labute approximate surface area is 135 Å². The summed E-state index contributed by atoms with van der Waals surface area (Å²) in [6, 6.07) is 1.54. The number of piperazine rings is 1. The van der Waals surface area contributed by atoms with Crippen LogP contribution in [0.5, 0.6) is 0 Å². The topological polar surface area (TPSA) is 110 Å². The van der Waals surface area contributed by atoms with Crippen molar-refractivity contribution in [2.45, 2.75) is 37.0 Å². The molecule has 1 aromatic heterocycles. The molecule has 1 amide bonds. The van der Waals surface area contributed by atoms with Crippen LogP contribution in [0.2, 0.25) is 0 Å². The van der Waals surface area contributed by atoms with Gasteiger partial charge in [-0.15, -0.1) is 0 Å². The zero-order chi connectivity index (χ0) is 16.5. The molecular weight excluding hydrogens is 320 g/mol. The zero-order valence-corrected chi connectivity index (χ0v) is 13.8. The van der Waals surface area contributed by atoms with Crippen molar-refractivity contribution in [3.8, 4) is 0 Å². The summed E-state index contributed by atoms with van der Waals surface area (Å²) in [6.45, 7) is 1.36. The van der Waals surface area contributed by atoms with Crippen molar-refractivity contribution >= 4 is 15.9 Å². The molecule has 0 radical (unpaired) electrons. The standard InChI is InChI=1S/C14H22N4O4S/c15-14(4-1-2-5-14)13(19)17-6-8-18(9-7-17)23(20,21)11-12-3-10-22-16-12/h3,10H,1-2,4-9,11,15H2. The monoisotopic (exact) mass is 342 g/mol. The van der Waals surface area contributed by atoms with Gasteiger partial charge in [-0.25, -0.2) is 8.42 Å². The fourth-order valence-corrected chi connectivity index (χ4v) is 4.72. The van der Waals surface area contributed by atoms with E-state index in [1.165, 1.54) is 16.6 Å². The van der Waals surface area contributed by atoms with E-state index in [0.717, 1.165) is 25.7 Å². The van der Waals surface area contributed by atoms with Crippen molar-refractivity contribution in [3.63, 3.8) is 0 Å². The van der Waals surface area contributed by atoms with Gasteiger partial charge in [0.25, 0.3) is 0 Å². The Hall–Kier alpha value is -1.45. The highest BCUT2D eigenvalue weighted by atomic mass is 32.2. The quantitative estimate of drug-likeness (QED) is 0.819. The summed E-state index contributed by atoms with van der Waals surface area (Å²) >= 11 is 0. The Morgan fingerprint density at radius 1 is 1.26 bits per heavy atom. The Morgan fingerprint density at radius 2 is 1.91 bits per heavy atom. The molecule has 1 aliphatic carbocycles. The minimum absolute atomic E-state index is 0.0384. The minimum atomic E-state index is -3.45. The van der Waals surface area contributed by atoms with Crippen molar-refractivity contribution in [3.05, 3.63) is 18.0 Å². The molecule has 3 rings (SSSR count). The highest BCUT2D eigenvalue weighted by Gasteiger charge is 2.41. The molecule has 0 atom stereocenters. The van der Waals surface area contributed by atoms with Crippen molar-refractivity contribution in [2.75, 3.05) is 26.2 Å². The maximum atomic E-state index is 12.5. The summed E-state index contributed by atoms with van der Waals surface area (Å²) < 4.78 is 30.8. The zero-order valence-electron chi connectivity index (χ0n) is 13.0. The molecule has 23 heavy (non-hydrogen) atoms. The first-order valence-electron chi connectivity index (χ1n) is 7.86. The van der Waals surface area contributed by atoms with E-state index in [2.05, 4.69) is 9.68 Å². The molecule has 9 heteroatoms. The lowest BCUT2D eigenvalue weighted by Gasteiger charge is -2.37. The van der Waals surface area contributed by atoms with Crippen LogP contribution in [0.3, 0.4) is 0 Å². The predicted octanol–water partition coefficient (Wildman–Crippen LogP) is -0.0799. The SMILES string of the molecule is NC1(C(=O)N2CCN(S(=O)(=O)Cc3ccon3)CC2)CCCC1. The number of nitrogens with zero attached hydrogens (tertiary/aromatic N) is 3. The number of amides is 1. The van der Waals surface area contributed by atoms with Crippen LogP contribution < -0.4 is 5.73 Å². The second-order valence-corrected chi connectivity index (χ2v) is 8.27. The summed E-state index contributed by atoms with van der Waals surface area (Å²) in [5, 5.41) is 3.64. The van der Waals surface area contributed by atoms with Gasteiger partial charge in [0.05, 0.1) is 11.2 Å². The Balaban J connectivity index is 1.59. The predicted molar refractivity (Wildman–Crippen MR) is 82.7 cm³/mol. The first-order valence-corrected chi connectivity index (χ1v) is 9.47. The molecule has 1 saturated heterocycles. The largest absolute Gasteiger partial charge is 0.364 e. The molecule has 128 valence electrons. The fourth-order valence-electron chi connectivity index (χ4n) is 3.29. The van der Waals surface area contributed by atoms with Crippen LogP contribution >= 0.6 is 0 Å². The number of aromatic nitrogens is 1. The summed E-state index contributed by atoms with van der Waals surface area (Å²) in [6.07, 6.45) is 4.75. The van der Waals surface area contributed by atoms with Gasteiger partial charge in [-0.05, 0) is 12.8 Å². The highest BCUT2D eigenvalue weighted by Crippen LogP contribution is 2.29. The van der Waals surface area contributed by atoms with E-state index < -0.39 is 15.6 Å². The third kappa shape index (κ3) is 3.41. The van der Waals surface area contributed by atoms with Gasteiger partial charge in [-0.2, -0.15) is 4.31 Å². The molecule has 1 aliphatic heterocycles. The van der Waals surface area contributed by atoms with E-state index >= 15 is 0 Å².